The van der Waals surface area contributed by atoms with Crippen molar-refractivity contribution in [2.45, 2.75) is 65.6 Å². The first kappa shape index (κ1) is 30.6. The van der Waals surface area contributed by atoms with Crippen LogP contribution in [0.3, 0.4) is 0 Å². The van der Waals surface area contributed by atoms with Gasteiger partial charge in [-0.25, -0.2) is 23.7 Å². The monoisotopic (exact) mass is 631 g/mol. The number of carbonyl (C=O) groups excluding carboxylic acids is 1. The van der Waals surface area contributed by atoms with Crippen molar-refractivity contribution in [2.75, 3.05) is 13.2 Å². The van der Waals surface area contributed by atoms with E-state index < -0.39 is 29.4 Å². The Morgan fingerprint density at radius 2 is 1.98 bits per heavy atom. The predicted octanol–water partition coefficient (Wildman–Crippen LogP) is 6.00. The summed E-state index contributed by atoms with van der Waals surface area (Å²) in [5.74, 6) is -1.99. The standard InChI is InChI=1S/C33H34FN5O5S/c1-17-19-9-8-14-43-29(19)21(34)15-20(17)28-27(30(32(41)42)44-33(3,4)5)18(2)36-25-16-23(38-39(25)28)31(40)35-13-12-26-37-22-10-6-7-11-24(22)45-26/h6-7,10-11,15-16,30H,8-9,12-14H2,1-5H3,(H,35,40)(H,41,42)/t30-/m0/s1. The number of amides is 1. The quantitative estimate of drug-likeness (QED) is 0.214. The zero-order valence-corrected chi connectivity index (χ0v) is 26.5. The molecule has 1 amide bonds. The Balaban J connectivity index is 1.43. The molecular formula is C33H34FN5O5S. The van der Waals surface area contributed by atoms with Crippen LogP contribution in [0.2, 0.25) is 0 Å². The SMILES string of the molecule is Cc1nc2cc(C(=O)NCCc3nc4ccccc4s3)nn2c(-c2cc(F)c3c(c2C)CCCO3)c1[C@H](OC(C)(C)C)C(=O)O. The van der Waals surface area contributed by atoms with Gasteiger partial charge in [0, 0.05) is 41.4 Å². The van der Waals surface area contributed by atoms with E-state index >= 15 is 4.39 Å². The second kappa shape index (κ2) is 11.8. The zero-order valence-electron chi connectivity index (χ0n) is 25.7. The van der Waals surface area contributed by atoms with Crippen LogP contribution in [0.4, 0.5) is 4.39 Å². The number of aromatic nitrogens is 4. The Morgan fingerprint density at radius 3 is 2.71 bits per heavy atom. The Hall–Kier alpha value is -4.42. The molecule has 0 spiro atoms. The van der Waals surface area contributed by atoms with Gasteiger partial charge in [0.1, 0.15) is 0 Å². The van der Waals surface area contributed by atoms with E-state index in [-0.39, 0.29) is 17.0 Å². The number of aryl methyl sites for hydroxylation is 1. The van der Waals surface area contributed by atoms with Crippen molar-refractivity contribution in [3.05, 3.63) is 75.3 Å². The molecule has 3 aromatic heterocycles. The van der Waals surface area contributed by atoms with E-state index in [0.717, 1.165) is 27.2 Å². The Labute approximate surface area is 263 Å². The topological polar surface area (TPSA) is 128 Å². The van der Waals surface area contributed by atoms with E-state index in [2.05, 4.69) is 20.4 Å². The van der Waals surface area contributed by atoms with Crippen LogP contribution >= 0.6 is 11.3 Å². The third kappa shape index (κ3) is 5.99. The van der Waals surface area contributed by atoms with E-state index in [1.807, 2.05) is 31.2 Å². The number of aliphatic carboxylic acids is 1. The van der Waals surface area contributed by atoms with Crippen LogP contribution in [0.1, 0.15) is 71.2 Å². The van der Waals surface area contributed by atoms with Gasteiger partial charge < -0.3 is 19.9 Å². The van der Waals surface area contributed by atoms with E-state index in [4.69, 9.17) is 9.47 Å². The summed E-state index contributed by atoms with van der Waals surface area (Å²) in [6, 6.07) is 10.8. The molecule has 0 unspecified atom stereocenters. The van der Waals surface area contributed by atoms with Crippen molar-refractivity contribution in [1.29, 1.82) is 0 Å². The number of nitrogens with one attached hydrogen (secondary N) is 1. The van der Waals surface area contributed by atoms with Crippen molar-refractivity contribution < 1.29 is 28.6 Å². The number of thiazole rings is 1. The first-order valence-corrected chi connectivity index (χ1v) is 15.6. The highest BCUT2D eigenvalue weighted by Gasteiger charge is 2.35. The molecule has 1 atom stereocenters. The largest absolute Gasteiger partial charge is 0.490 e. The van der Waals surface area contributed by atoms with Crippen LogP contribution in [-0.4, -0.2) is 55.3 Å². The Bertz CT molecular complexity index is 1930. The fourth-order valence-corrected chi connectivity index (χ4v) is 6.67. The van der Waals surface area contributed by atoms with Crippen molar-refractivity contribution in [2.24, 2.45) is 0 Å². The number of hydrogen-bond acceptors (Lipinski definition) is 8. The van der Waals surface area contributed by atoms with Gasteiger partial charge in [-0.15, -0.1) is 11.3 Å². The maximum atomic E-state index is 15.6. The summed E-state index contributed by atoms with van der Waals surface area (Å²) in [5.41, 5.74) is 3.27. The lowest BCUT2D eigenvalue weighted by atomic mass is 9.91. The second-order valence-electron chi connectivity index (χ2n) is 12.1. The van der Waals surface area contributed by atoms with Crippen LogP contribution < -0.4 is 10.1 Å². The number of rotatable bonds is 8. The molecule has 2 N–H and O–H groups in total. The summed E-state index contributed by atoms with van der Waals surface area (Å²) >= 11 is 1.58. The molecule has 0 aliphatic carbocycles. The van der Waals surface area contributed by atoms with Gasteiger partial charge in [0.05, 0.1) is 33.1 Å². The summed E-state index contributed by atoms with van der Waals surface area (Å²) in [7, 11) is 0. The number of benzene rings is 2. The average molecular weight is 632 g/mol. The van der Waals surface area contributed by atoms with E-state index in [1.54, 1.807) is 45.1 Å². The van der Waals surface area contributed by atoms with Gasteiger partial charge in [0.2, 0.25) is 0 Å². The Morgan fingerprint density at radius 1 is 1.20 bits per heavy atom. The van der Waals surface area contributed by atoms with Crippen LogP contribution in [0.15, 0.2) is 36.4 Å². The number of fused-ring (bicyclic) bond motifs is 3. The summed E-state index contributed by atoms with van der Waals surface area (Å²) in [4.78, 5) is 35.3. The second-order valence-corrected chi connectivity index (χ2v) is 13.2. The van der Waals surface area contributed by atoms with Crippen molar-refractivity contribution in [3.8, 4) is 17.0 Å². The van der Waals surface area contributed by atoms with Gasteiger partial charge in [-0.3, -0.25) is 4.79 Å². The minimum atomic E-state index is -1.44. The smallest absolute Gasteiger partial charge is 0.337 e. The highest BCUT2D eigenvalue weighted by Crippen LogP contribution is 2.41. The Kier molecular flexibility index (Phi) is 8.04. The molecule has 0 radical (unpaired) electrons. The number of ether oxygens (including phenoxy) is 2. The zero-order chi connectivity index (χ0) is 32.0. The lowest BCUT2D eigenvalue weighted by Crippen LogP contribution is -2.29. The molecule has 1 aliphatic heterocycles. The van der Waals surface area contributed by atoms with Crippen LogP contribution in [-0.2, 0) is 22.4 Å². The first-order chi connectivity index (χ1) is 21.4. The van der Waals surface area contributed by atoms with E-state index in [9.17, 15) is 14.7 Å². The molecule has 6 rings (SSSR count). The van der Waals surface area contributed by atoms with Crippen LogP contribution in [0.5, 0.6) is 5.75 Å². The molecule has 234 valence electrons. The fraction of sp³-hybridized carbons (Fsp3) is 0.364. The molecule has 4 heterocycles. The first-order valence-electron chi connectivity index (χ1n) is 14.8. The number of halogens is 1. The number of carboxylic acids is 1. The van der Waals surface area contributed by atoms with Gasteiger partial charge in [-0.05, 0) is 71.2 Å². The maximum absolute atomic E-state index is 15.6. The minimum absolute atomic E-state index is 0.0904. The number of para-hydroxylation sites is 1. The molecule has 0 saturated carbocycles. The molecule has 0 saturated heterocycles. The van der Waals surface area contributed by atoms with Crippen molar-refractivity contribution >= 4 is 39.1 Å². The number of carbonyl (C=O) groups is 2. The number of nitrogens with zero attached hydrogens (tertiary/aromatic N) is 4. The molecule has 0 fully saturated rings. The minimum Gasteiger partial charge on any atom is -0.490 e. The third-order valence-corrected chi connectivity index (χ3v) is 8.77. The molecule has 45 heavy (non-hydrogen) atoms. The van der Waals surface area contributed by atoms with Crippen LogP contribution in [0, 0.1) is 19.7 Å². The summed E-state index contributed by atoms with van der Waals surface area (Å²) < 4.78 is 29.8. The summed E-state index contributed by atoms with van der Waals surface area (Å²) in [6.07, 6.45) is 0.437. The van der Waals surface area contributed by atoms with E-state index in [0.29, 0.717) is 54.2 Å². The molecule has 5 aromatic rings. The van der Waals surface area contributed by atoms with Gasteiger partial charge in [-0.2, -0.15) is 5.10 Å². The maximum Gasteiger partial charge on any atom is 0.337 e. The predicted molar refractivity (Wildman–Crippen MR) is 169 cm³/mol. The third-order valence-electron chi connectivity index (χ3n) is 7.67. The van der Waals surface area contributed by atoms with Crippen molar-refractivity contribution in [1.82, 2.24) is 24.9 Å². The van der Waals surface area contributed by atoms with Gasteiger partial charge >= 0.3 is 5.97 Å². The molecule has 0 bridgehead atoms. The molecule has 10 nitrogen and oxygen atoms in total. The lowest BCUT2D eigenvalue weighted by Gasteiger charge is -2.28. The average Bonchev–Trinajstić information content (AvgIpc) is 3.61. The van der Waals surface area contributed by atoms with E-state index in [1.165, 1.54) is 10.6 Å². The highest BCUT2D eigenvalue weighted by atomic mass is 32.1. The normalized spacial score (nSPS) is 13.9. The van der Waals surface area contributed by atoms with Gasteiger partial charge in [0.15, 0.2) is 29.0 Å². The molecule has 2 aromatic carbocycles. The van der Waals surface area contributed by atoms with Crippen molar-refractivity contribution in [3.63, 3.8) is 0 Å². The fourth-order valence-electron chi connectivity index (χ4n) is 5.71. The number of carboxylic acid groups (broad SMARTS) is 1. The van der Waals surface area contributed by atoms with Gasteiger partial charge in [-0.1, -0.05) is 12.1 Å². The number of hydrogen-bond donors (Lipinski definition) is 2. The van der Waals surface area contributed by atoms with Crippen LogP contribution in [0.25, 0.3) is 27.1 Å². The molecule has 1 aliphatic rings. The van der Waals surface area contributed by atoms with Gasteiger partial charge in [0.25, 0.3) is 5.91 Å². The molecular weight excluding hydrogens is 597 g/mol. The summed E-state index contributed by atoms with van der Waals surface area (Å²) in [6.45, 7) is 9.57. The highest BCUT2D eigenvalue weighted by molar-refractivity contribution is 7.18. The lowest BCUT2D eigenvalue weighted by molar-refractivity contribution is -0.160. The summed E-state index contributed by atoms with van der Waals surface area (Å²) in [5, 5.41) is 18.8. The molecule has 12 heteroatoms.